The van der Waals surface area contributed by atoms with Crippen LogP contribution in [-0.4, -0.2) is 115 Å². The molecule has 0 rings (SSSR count). The Morgan fingerprint density at radius 1 is 0.0938 bits per heavy atom. The van der Waals surface area contributed by atoms with Crippen LogP contribution in [0.1, 0.15) is 0 Å². The van der Waals surface area contributed by atoms with E-state index in [9.17, 15) is 0 Å². The van der Waals surface area contributed by atoms with E-state index in [1.54, 1.807) is 0 Å². The van der Waals surface area contributed by atoms with Crippen molar-refractivity contribution < 1.29 is 269 Å². The molecule has 0 unspecified atom stereocenters. The van der Waals surface area contributed by atoms with Crippen LogP contribution in [0.3, 0.4) is 0 Å². The summed E-state index contributed by atoms with van der Waals surface area (Å²) in [5.41, 5.74) is 0. The molecule has 26 nitrogen and oxygen atoms in total. The molecule has 0 aromatic heterocycles. The van der Waals surface area contributed by atoms with Crippen LogP contribution >= 0.6 is 0 Å². The summed E-state index contributed by atoms with van der Waals surface area (Å²) in [6.45, 7) is 0. The predicted octanol–water partition coefficient (Wildman–Crippen LogP) is -21.9. The topological polar surface area (TPSA) is 826 Å². The fraction of sp³-hybridized carbons (Fsp3) is 0. The van der Waals surface area contributed by atoms with Crippen LogP contribution < -0.4 is 0 Å². The first-order chi connectivity index (χ1) is 0. The van der Waals surface area contributed by atoms with Gasteiger partial charge in [0.1, 0.15) is 0 Å². The van der Waals surface area contributed by atoms with E-state index in [0.29, 0.717) is 0 Å². The molecule has 0 spiro atoms. The van der Waals surface area contributed by atoms with Gasteiger partial charge in [0.15, 0.2) is 0 Å². The normalized spacial score (nSPS) is 0. The number of hydrogen-bond donors (Lipinski definition) is 0. The van der Waals surface area contributed by atoms with Gasteiger partial charge in [0.25, 0.3) is 0 Å². The zero-order valence-corrected chi connectivity index (χ0v) is 27.9. The number of rotatable bonds is 0. The first-order valence-corrected chi connectivity index (χ1v) is 0. The Balaban J connectivity index is 0. The molecule has 0 saturated heterocycles. The molecule has 0 aliphatic rings. The van der Waals surface area contributed by atoms with E-state index in [-0.39, 0.29) is 269 Å². The minimum absolute atomic E-state index is 0. The van der Waals surface area contributed by atoms with Crippen molar-refractivity contribution >= 4 is 0 Å². The van der Waals surface area contributed by atoms with Gasteiger partial charge in [-0.2, -0.15) is 0 Å². The molecule has 0 aliphatic carbocycles. The molecule has 57 N–H and O–H groups in total. The van der Waals surface area contributed by atoms with E-state index >= 15 is 0 Å². The van der Waals surface area contributed by atoms with Crippen molar-refractivity contribution in [3.05, 3.63) is 0 Å². The Labute approximate surface area is 266 Å². The minimum Gasteiger partial charge on any atom is -0.457 e. The van der Waals surface area contributed by atoms with Crippen molar-refractivity contribution in [1.29, 1.82) is 0 Å². The van der Waals surface area contributed by atoms with E-state index in [0.717, 1.165) is 0 Å². The molecule has 0 radical (unpaired) electrons. The Bertz CT molecular complexity index is 22.3. The molecule has 32 heavy (non-hydrogen) atoms. The third kappa shape index (κ3) is 3570. The van der Waals surface area contributed by atoms with Gasteiger partial charge in [-0.15, -0.1) is 0 Å². The SMILES string of the molecule is O.O.O.O.O.O.O.O.O.O.O.O.O.O.O.O.O.O.O.O.O.[Mo].[Mo].[Mo].[Mo].[Mo].[Mo].[OH3+].[OH3+].[OH3+].[OH3+].[OH3+]. The third-order valence-electron chi connectivity index (χ3n) is 0. The van der Waals surface area contributed by atoms with Crippen molar-refractivity contribution in [2.45, 2.75) is 0 Å². The van der Waals surface area contributed by atoms with Gasteiger partial charge in [-0.05, 0) is 0 Å². The standard InChI is InChI=1S/6Mo.26H2O/h;;;;;;26*1H2/p+5. The zero-order valence-electron chi connectivity index (χ0n) is 15.8. The molecular weight excluding hydrogens is 992 g/mol. The minimum atomic E-state index is 0. The van der Waals surface area contributed by atoms with Crippen LogP contribution in [0, 0.1) is 0 Å². The Morgan fingerprint density at radius 2 is 0.0938 bits per heavy atom. The van der Waals surface area contributed by atoms with Gasteiger partial charge in [-0.25, -0.2) is 0 Å². The van der Waals surface area contributed by atoms with Crippen molar-refractivity contribution in [3.8, 4) is 0 Å². The van der Waals surface area contributed by atoms with Gasteiger partial charge in [0, 0.05) is 126 Å². The molecule has 32 heteroatoms. The molecule has 0 bridgehead atoms. The predicted molar refractivity (Wildman–Crippen MR) is 100 cm³/mol. The molecule has 0 amide bonds. The fourth-order valence-corrected chi connectivity index (χ4v) is 0. The van der Waals surface area contributed by atoms with E-state index in [1.807, 2.05) is 0 Å². The van der Waals surface area contributed by atoms with Gasteiger partial charge in [0.05, 0.1) is 0 Å². The summed E-state index contributed by atoms with van der Waals surface area (Å²) in [5, 5.41) is 0. The van der Waals surface area contributed by atoms with Gasteiger partial charge >= 0.3 is 0 Å². The largest absolute Gasteiger partial charge is 0.457 e. The van der Waals surface area contributed by atoms with Crippen LogP contribution in [0.25, 0.3) is 0 Å². The van der Waals surface area contributed by atoms with Crippen LogP contribution in [-0.2, 0) is 154 Å². The average Bonchev–Trinajstić information content (AvgIpc) is 0. The van der Waals surface area contributed by atoms with Gasteiger partial charge in [-0.1, -0.05) is 0 Å². The molecule has 0 fully saturated rings. The molecular formula is H57Mo6O26+5. The summed E-state index contributed by atoms with van der Waals surface area (Å²) in [7, 11) is 0. The second kappa shape index (κ2) is 3910. The summed E-state index contributed by atoms with van der Waals surface area (Å²) >= 11 is 0. The summed E-state index contributed by atoms with van der Waals surface area (Å²) in [4.78, 5) is 0. The Kier molecular flexibility index (Phi) is 522000. The van der Waals surface area contributed by atoms with Crippen molar-refractivity contribution in [2.24, 2.45) is 0 Å². The molecule has 0 aromatic rings. The van der Waals surface area contributed by atoms with E-state index in [1.165, 1.54) is 0 Å². The van der Waals surface area contributed by atoms with Gasteiger partial charge in [-0.3, -0.25) is 0 Å². The average molecular weight is 1050 g/mol. The summed E-state index contributed by atoms with van der Waals surface area (Å²) in [6, 6.07) is 0. The smallest absolute Gasteiger partial charge is 0 e. The van der Waals surface area contributed by atoms with E-state index in [2.05, 4.69) is 0 Å². The van der Waals surface area contributed by atoms with Crippen LogP contribution in [0.5, 0.6) is 0 Å². The monoisotopic (exact) mass is 1060 g/mol. The second-order valence-electron chi connectivity index (χ2n) is 0. The first kappa shape index (κ1) is 4270. The molecule has 0 aliphatic heterocycles. The van der Waals surface area contributed by atoms with Crippen molar-refractivity contribution in [3.63, 3.8) is 0 Å². The van der Waals surface area contributed by atoms with Crippen LogP contribution in [0.15, 0.2) is 0 Å². The maximum atomic E-state index is 0. The maximum Gasteiger partial charge on any atom is 0 e. The Hall–Kier alpha value is 3.09. The van der Waals surface area contributed by atoms with E-state index in [4.69, 9.17) is 0 Å². The fourth-order valence-electron chi connectivity index (χ4n) is 0. The zero-order chi connectivity index (χ0) is 0. The quantitative estimate of drug-likeness (QED) is 0.161. The van der Waals surface area contributed by atoms with Crippen LogP contribution in [0.4, 0.5) is 0 Å². The summed E-state index contributed by atoms with van der Waals surface area (Å²) < 4.78 is 0. The van der Waals surface area contributed by atoms with E-state index < -0.39 is 0 Å². The van der Waals surface area contributed by atoms with Gasteiger partial charge < -0.3 is 142 Å². The second-order valence-corrected chi connectivity index (χ2v) is 0. The summed E-state index contributed by atoms with van der Waals surface area (Å²) in [6.07, 6.45) is 0. The molecule has 0 aromatic carbocycles. The molecule has 0 saturated carbocycles. The summed E-state index contributed by atoms with van der Waals surface area (Å²) in [5.74, 6) is 0. The van der Waals surface area contributed by atoms with Crippen molar-refractivity contribution in [1.82, 2.24) is 0 Å². The number of hydrogen-bond acceptors (Lipinski definition) is 0. The van der Waals surface area contributed by atoms with Crippen LogP contribution in [0.2, 0.25) is 0 Å². The molecule has 244 valence electrons. The van der Waals surface area contributed by atoms with Gasteiger partial charge in [0.2, 0.25) is 0 Å². The first-order valence-electron chi connectivity index (χ1n) is 0. The Morgan fingerprint density at radius 3 is 0.0938 bits per heavy atom. The maximum absolute atomic E-state index is 0. The van der Waals surface area contributed by atoms with Crippen molar-refractivity contribution in [2.75, 3.05) is 0 Å². The third-order valence-corrected chi connectivity index (χ3v) is 0. The molecule has 0 heterocycles. The molecule has 0 atom stereocenters.